The Labute approximate surface area is 377 Å². The maximum Gasteiger partial charge on any atom is 0.307 e. The number of rotatable bonds is 9. The first kappa shape index (κ1) is 41.0. The van der Waals surface area contributed by atoms with Crippen LogP contribution in [0.4, 0.5) is 11.4 Å². The Morgan fingerprint density at radius 2 is 1.03 bits per heavy atom. The minimum atomic E-state index is -0.224. The number of nitrogens with zero attached hydrogens (tertiary/aromatic N) is 4. The van der Waals surface area contributed by atoms with Crippen LogP contribution >= 0.6 is 0 Å². The van der Waals surface area contributed by atoms with Crippen LogP contribution in [0.2, 0.25) is 0 Å². The van der Waals surface area contributed by atoms with E-state index in [-0.39, 0.29) is 16.2 Å². The van der Waals surface area contributed by atoms with E-state index in [4.69, 9.17) is 14.1 Å². The number of anilines is 2. The van der Waals surface area contributed by atoms with E-state index < -0.39 is 0 Å². The third-order valence-corrected chi connectivity index (χ3v) is 13.7. The lowest BCUT2D eigenvalue weighted by Gasteiger charge is -2.33. The third kappa shape index (κ3) is 7.11. The summed E-state index contributed by atoms with van der Waals surface area (Å²) < 4.78 is 15.4. The second-order valence-corrected chi connectivity index (χ2v) is 19.5. The quantitative estimate of drug-likeness (QED) is 0.145. The first-order chi connectivity index (χ1) is 30.7. The van der Waals surface area contributed by atoms with Gasteiger partial charge in [0.2, 0.25) is 0 Å². The molecule has 0 atom stereocenters. The third-order valence-electron chi connectivity index (χ3n) is 13.7. The standard InChI is InChI=1S/C58H56N4O2/c1-38-39(2)61(37-60(38)45-32-43(57(6,7)40-20-12-10-13-21-40)30-44(33-45)58(8,9)41-22-14-11-15-23-41)46-31-42(56(3,4)5)34-48(35-46)63-47-28-29-50-49-24-16-18-26-52(49)62(53(50)36-47)55-59-51-25-17-19-27-54(51)64-55/h10-36H,37H2,1-9H3. The normalized spacial score (nSPS) is 13.8. The van der Waals surface area contributed by atoms with Crippen molar-refractivity contribution >= 4 is 44.3 Å². The van der Waals surface area contributed by atoms with Gasteiger partial charge in [0.1, 0.15) is 17.0 Å². The molecule has 0 radical (unpaired) electrons. The van der Waals surface area contributed by atoms with Crippen molar-refractivity contribution in [1.82, 2.24) is 9.55 Å². The number of hydrogen-bond acceptors (Lipinski definition) is 5. The molecule has 10 rings (SSSR count). The molecule has 320 valence electrons. The van der Waals surface area contributed by atoms with E-state index in [9.17, 15) is 0 Å². The topological polar surface area (TPSA) is 46.7 Å². The summed E-state index contributed by atoms with van der Waals surface area (Å²) in [5.41, 5.74) is 14.1. The zero-order chi connectivity index (χ0) is 44.5. The van der Waals surface area contributed by atoms with E-state index in [1.54, 1.807) is 0 Å². The van der Waals surface area contributed by atoms with Gasteiger partial charge in [-0.2, -0.15) is 4.98 Å². The highest BCUT2D eigenvalue weighted by molar-refractivity contribution is 6.09. The van der Waals surface area contributed by atoms with E-state index in [0.717, 1.165) is 50.1 Å². The van der Waals surface area contributed by atoms with Crippen molar-refractivity contribution < 1.29 is 9.15 Å². The highest BCUT2D eigenvalue weighted by Gasteiger charge is 2.33. The van der Waals surface area contributed by atoms with E-state index in [2.05, 4.69) is 216 Å². The summed E-state index contributed by atoms with van der Waals surface area (Å²) in [4.78, 5) is 9.82. The average molecular weight is 841 g/mol. The van der Waals surface area contributed by atoms with Gasteiger partial charge in [-0.15, -0.1) is 0 Å². The van der Waals surface area contributed by atoms with Crippen molar-refractivity contribution in [2.45, 2.75) is 78.6 Å². The van der Waals surface area contributed by atoms with Gasteiger partial charge in [-0.3, -0.25) is 4.57 Å². The number of fused-ring (bicyclic) bond motifs is 4. The maximum absolute atomic E-state index is 6.91. The second kappa shape index (κ2) is 15.3. The van der Waals surface area contributed by atoms with Crippen LogP contribution in [0.15, 0.2) is 180 Å². The second-order valence-electron chi connectivity index (χ2n) is 19.5. The molecule has 0 unspecified atom stereocenters. The SMILES string of the molecule is CC1=C(C)N(c2cc(C(C)(C)c3ccccc3)cc(C(C)(C)c3ccccc3)c2)CN1c1cc(Oc2ccc3c4ccccc4n(-c4nc5ccccc5o4)c3c2)cc(C(C)(C)C)c1. The molecule has 0 spiro atoms. The molecular formula is C58H56N4O2. The van der Waals surface area contributed by atoms with E-state index in [1.807, 2.05) is 24.3 Å². The van der Waals surface area contributed by atoms with Gasteiger partial charge >= 0.3 is 6.01 Å². The summed E-state index contributed by atoms with van der Waals surface area (Å²) in [5.74, 6) is 1.52. The molecule has 0 aliphatic carbocycles. The molecule has 0 fully saturated rings. The number of aromatic nitrogens is 2. The molecule has 1 aliphatic heterocycles. The summed E-state index contributed by atoms with van der Waals surface area (Å²) >= 11 is 0. The van der Waals surface area contributed by atoms with E-state index >= 15 is 0 Å². The largest absolute Gasteiger partial charge is 0.457 e. The van der Waals surface area contributed by atoms with Crippen molar-refractivity contribution in [1.29, 1.82) is 0 Å². The highest BCUT2D eigenvalue weighted by atomic mass is 16.5. The van der Waals surface area contributed by atoms with Crippen molar-refractivity contribution in [2.24, 2.45) is 0 Å². The number of oxazole rings is 1. The van der Waals surface area contributed by atoms with Gasteiger partial charge in [-0.1, -0.05) is 146 Å². The first-order valence-electron chi connectivity index (χ1n) is 22.4. The minimum Gasteiger partial charge on any atom is -0.457 e. The van der Waals surface area contributed by atoms with Gasteiger partial charge in [0.25, 0.3) is 0 Å². The van der Waals surface area contributed by atoms with Gasteiger partial charge in [0.15, 0.2) is 5.58 Å². The molecule has 0 amide bonds. The minimum absolute atomic E-state index is 0.126. The summed E-state index contributed by atoms with van der Waals surface area (Å²) in [6.07, 6.45) is 0. The zero-order valence-electron chi connectivity index (χ0n) is 38.4. The molecule has 6 nitrogen and oxygen atoms in total. The van der Waals surface area contributed by atoms with E-state index in [1.165, 1.54) is 44.9 Å². The fourth-order valence-corrected chi connectivity index (χ4v) is 9.37. The predicted molar refractivity (Wildman–Crippen MR) is 265 cm³/mol. The van der Waals surface area contributed by atoms with Crippen LogP contribution < -0.4 is 14.5 Å². The number of benzene rings is 7. The van der Waals surface area contributed by atoms with Crippen LogP contribution in [0.1, 0.15) is 90.1 Å². The van der Waals surface area contributed by atoms with Crippen LogP contribution in [0.3, 0.4) is 0 Å². The molecule has 6 heteroatoms. The van der Waals surface area contributed by atoms with Crippen molar-refractivity contribution in [3.63, 3.8) is 0 Å². The van der Waals surface area contributed by atoms with E-state index in [0.29, 0.717) is 12.7 Å². The van der Waals surface area contributed by atoms with Gasteiger partial charge in [-0.25, -0.2) is 0 Å². The maximum atomic E-state index is 6.91. The lowest BCUT2D eigenvalue weighted by atomic mass is 9.73. The van der Waals surface area contributed by atoms with Crippen molar-refractivity contribution in [3.8, 4) is 17.5 Å². The van der Waals surface area contributed by atoms with Crippen LogP contribution in [-0.2, 0) is 16.2 Å². The molecule has 0 saturated heterocycles. The Balaban J connectivity index is 1.04. The molecule has 0 N–H and O–H groups in total. The van der Waals surface area contributed by atoms with Crippen LogP contribution in [0, 0.1) is 0 Å². The fourth-order valence-electron chi connectivity index (χ4n) is 9.37. The van der Waals surface area contributed by atoms with Gasteiger partial charge in [0.05, 0.1) is 17.7 Å². The summed E-state index contributed by atoms with van der Waals surface area (Å²) in [7, 11) is 0. The van der Waals surface area contributed by atoms with Crippen LogP contribution in [0.25, 0.3) is 38.9 Å². The molecule has 3 heterocycles. The molecule has 7 aromatic carbocycles. The van der Waals surface area contributed by atoms with Crippen LogP contribution in [0.5, 0.6) is 11.5 Å². The number of hydrogen-bond donors (Lipinski definition) is 0. The Hall–Kier alpha value is -7.05. The van der Waals surface area contributed by atoms with Gasteiger partial charge in [0, 0.05) is 56.5 Å². The predicted octanol–water partition coefficient (Wildman–Crippen LogP) is 15.2. The molecular weight excluding hydrogens is 785 g/mol. The average Bonchev–Trinajstić information content (AvgIpc) is 3.97. The van der Waals surface area contributed by atoms with Crippen LogP contribution in [-0.4, -0.2) is 16.2 Å². The summed E-state index contributed by atoms with van der Waals surface area (Å²) in [6.45, 7) is 21.3. The first-order valence-corrected chi connectivity index (χ1v) is 22.4. The Morgan fingerprint density at radius 3 is 1.66 bits per heavy atom. The van der Waals surface area contributed by atoms with Gasteiger partial charge in [-0.05, 0) is 102 Å². The van der Waals surface area contributed by atoms with Crippen molar-refractivity contribution in [2.75, 3.05) is 16.5 Å². The molecule has 1 aliphatic rings. The lowest BCUT2D eigenvalue weighted by molar-refractivity contribution is 0.479. The number of allylic oxidation sites excluding steroid dienone is 2. The fraction of sp³-hybridized carbons (Fsp3) is 0.224. The molecule has 0 bridgehead atoms. The van der Waals surface area contributed by atoms with Gasteiger partial charge < -0.3 is 19.0 Å². The molecule has 2 aromatic heterocycles. The van der Waals surface area contributed by atoms with Crippen molar-refractivity contribution in [3.05, 3.63) is 203 Å². The Kier molecular flexibility index (Phi) is 9.82. The monoisotopic (exact) mass is 840 g/mol. The number of ether oxygens (including phenoxy) is 1. The summed E-state index contributed by atoms with van der Waals surface area (Å²) in [6, 6.07) is 58.9. The Morgan fingerprint density at radius 1 is 0.484 bits per heavy atom. The highest BCUT2D eigenvalue weighted by Crippen LogP contribution is 2.44. The lowest BCUT2D eigenvalue weighted by Crippen LogP contribution is -2.29. The Bertz CT molecular complexity index is 3130. The summed E-state index contributed by atoms with van der Waals surface area (Å²) in [5, 5.41) is 2.23. The number of para-hydroxylation sites is 3. The zero-order valence-corrected chi connectivity index (χ0v) is 38.4. The molecule has 9 aromatic rings. The smallest absolute Gasteiger partial charge is 0.307 e. The molecule has 64 heavy (non-hydrogen) atoms. The molecule has 0 saturated carbocycles.